The molecule has 2 aromatic rings. The molecule has 0 fully saturated rings. The molecule has 0 amide bonds. The highest BCUT2D eigenvalue weighted by molar-refractivity contribution is 7.98. The fraction of sp³-hybridized carbons (Fsp3) is 0.250. The summed E-state index contributed by atoms with van der Waals surface area (Å²) in [6.07, 6.45) is 0. The summed E-state index contributed by atoms with van der Waals surface area (Å²) in [5, 5.41) is 12.1. The molecule has 17 heavy (non-hydrogen) atoms. The molecule has 3 nitrogen and oxygen atoms in total. The maximum Gasteiger partial charge on any atom is 0.321 e. The van der Waals surface area contributed by atoms with E-state index in [2.05, 4.69) is 17.5 Å². The number of fused-ring (bicyclic) bond motifs is 1. The third-order valence-corrected chi connectivity index (χ3v) is 4.56. The van der Waals surface area contributed by atoms with E-state index in [0.717, 1.165) is 5.75 Å². The van der Waals surface area contributed by atoms with Crippen molar-refractivity contribution in [2.45, 2.75) is 11.8 Å². The number of hydrogen-bond acceptors (Lipinski definition) is 4. The number of carbonyl (C=O) groups is 1. The van der Waals surface area contributed by atoms with Crippen LogP contribution in [0.4, 0.5) is 0 Å². The van der Waals surface area contributed by atoms with Crippen LogP contribution in [0, 0.1) is 0 Å². The Morgan fingerprint density at radius 3 is 3.00 bits per heavy atom. The van der Waals surface area contributed by atoms with E-state index in [-0.39, 0.29) is 0 Å². The lowest BCUT2D eigenvalue weighted by Gasteiger charge is -2.05. The van der Waals surface area contributed by atoms with Gasteiger partial charge in [-0.25, -0.2) is 0 Å². The number of hydrogen-bond donors (Lipinski definition) is 2. The van der Waals surface area contributed by atoms with E-state index in [0.29, 0.717) is 5.75 Å². The van der Waals surface area contributed by atoms with Gasteiger partial charge in [0, 0.05) is 16.2 Å². The smallest absolute Gasteiger partial charge is 0.321 e. The number of nitrogens with two attached hydrogens (primary N) is 1. The lowest BCUT2D eigenvalue weighted by atomic mass is 10.2. The second kappa shape index (κ2) is 5.53. The lowest BCUT2D eigenvalue weighted by Crippen LogP contribution is -2.32. The second-order valence-corrected chi connectivity index (χ2v) is 5.66. The number of carboxylic acids is 1. The lowest BCUT2D eigenvalue weighted by molar-refractivity contribution is -0.137. The Kier molecular flexibility index (Phi) is 4.04. The Morgan fingerprint density at radius 2 is 2.24 bits per heavy atom. The predicted molar refractivity (Wildman–Crippen MR) is 73.6 cm³/mol. The molecule has 0 spiro atoms. The van der Waals surface area contributed by atoms with Gasteiger partial charge in [-0.3, -0.25) is 4.79 Å². The Morgan fingerprint density at radius 1 is 1.47 bits per heavy atom. The number of carboxylic acid groups (broad SMARTS) is 1. The molecule has 0 aliphatic carbocycles. The van der Waals surface area contributed by atoms with Crippen LogP contribution in [0.25, 0.3) is 10.1 Å². The summed E-state index contributed by atoms with van der Waals surface area (Å²) in [6.45, 7) is 0. The molecule has 0 aliphatic heterocycles. The van der Waals surface area contributed by atoms with Gasteiger partial charge in [0.1, 0.15) is 6.04 Å². The topological polar surface area (TPSA) is 63.3 Å². The predicted octanol–water partition coefficient (Wildman–Crippen LogP) is 2.55. The molecular weight excluding hydrogens is 254 g/mol. The van der Waals surface area contributed by atoms with Crippen LogP contribution in [-0.2, 0) is 10.5 Å². The van der Waals surface area contributed by atoms with E-state index in [1.165, 1.54) is 15.6 Å². The normalized spacial score (nSPS) is 12.8. The van der Waals surface area contributed by atoms with E-state index in [1.54, 1.807) is 23.1 Å². The first-order chi connectivity index (χ1) is 8.18. The number of thioether (sulfide) groups is 1. The van der Waals surface area contributed by atoms with Gasteiger partial charge in [0.05, 0.1) is 0 Å². The third kappa shape index (κ3) is 3.00. The molecule has 1 aromatic heterocycles. The molecule has 90 valence electrons. The van der Waals surface area contributed by atoms with Gasteiger partial charge < -0.3 is 10.8 Å². The summed E-state index contributed by atoms with van der Waals surface area (Å²) in [7, 11) is 0. The Labute approximate surface area is 108 Å². The van der Waals surface area contributed by atoms with Crippen molar-refractivity contribution in [2.75, 3.05) is 5.75 Å². The molecular formula is C12H13NO2S2. The van der Waals surface area contributed by atoms with Crippen molar-refractivity contribution in [2.24, 2.45) is 5.73 Å². The first-order valence-electron chi connectivity index (χ1n) is 5.19. The molecule has 1 heterocycles. The molecule has 1 aromatic carbocycles. The maximum atomic E-state index is 10.6. The molecule has 0 radical (unpaired) electrons. The van der Waals surface area contributed by atoms with E-state index in [1.807, 2.05) is 12.1 Å². The van der Waals surface area contributed by atoms with Crippen LogP contribution in [0.2, 0.25) is 0 Å². The fourth-order valence-corrected chi connectivity index (χ4v) is 3.55. The van der Waals surface area contributed by atoms with Crippen LogP contribution in [0.5, 0.6) is 0 Å². The molecule has 1 atom stereocenters. The van der Waals surface area contributed by atoms with Gasteiger partial charge in [-0.1, -0.05) is 18.2 Å². The van der Waals surface area contributed by atoms with Crippen molar-refractivity contribution >= 4 is 39.2 Å². The van der Waals surface area contributed by atoms with Crippen molar-refractivity contribution in [1.82, 2.24) is 0 Å². The van der Waals surface area contributed by atoms with Gasteiger partial charge in [-0.15, -0.1) is 11.3 Å². The summed E-state index contributed by atoms with van der Waals surface area (Å²) in [5.74, 6) is 0.317. The number of rotatable bonds is 5. The molecule has 0 aliphatic rings. The van der Waals surface area contributed by atoms with E-state index in [9.17, 15) is 4.79 Å². The number of benzene rings is 1. The van der Waals surface area contributed by atoms with Crippen LogP contribution >= 0.6 is 23.1 Å². The average Bonchev–Trinajstić information content (AvgIpc) is 2.72. The molecule has 2 rings (SSSR count). The summed E-state index contributed by atoms with van der Waals surface area (Å²) in [4.78, 5) is 10.6. The second-order valence-electron chi connectivity index (χ2n) is 3.72. The molecule has 0 unspecified atom stereocenters. The summed E-state index contributed by atoms with van der Waals surface area (Å²) in [6, 6.07) is 7.46. The van der Waals surface area contributed by atoms with Crippen molar-refractivity contribution in [3.63, 3.8) is 0 Å². The Balaban J connectivity index is 1.98. The third-order valence-electron chi connectivity index (χ3n) is 2.43. The molecule has 0 saturated carbocycles. The van der Waals surface area contributed by atoms with Gasteiger partial charge in [0.25, 0.3) is 0 Å². The van der Waals surface area contributed by atoms with Crippen molar-refractivity contribution in [3.8, 4) is 0 Å². The van der Waals surface area contributed by atoms with Crippen LogP contribution < -0.4 is 5.73 Å². The Bertz CT molecular complexity index is 524. The summed E-state index contributed by atoms with van der Waals surface area (Å²) >= 11 is 3.28. The zero-order valence-corrected chi connectivity index (χ0v) is 10.8. The number of thiophene rings is 1. The SMILES string of the molecule is N[C@H](CSCc1csc2ccccc12)C(=O)O. The van der Waals surface area contributed by atoms with Gasteiger partial charge >= 0.3 is 5.97 Å². The fourth-order valence-electron chi connectivity index (χ4n) is 1.51. The minimum absolute atomic E-state index is 0.444. The minimum Gasteiger partial charge on any atom is -0.480 e. The van der Waals surface area contributed by atoms with Crippen LogP contribution in [-0.4, -0.2) is 22.9 Å². The molecule has 3 N–H and O–H groups in total. The first kappa shape index (κ1) is 12.4. The zero-order chi connectivity index (χ0) is 12.3. The number of aliphatic carboxylic acids is 1. The standard InChI is InChI=1S/C12H13NO2S2/c13-10(12(14)15)7-16-5-8-6-17-11-4-2-1-3-9(8)11/h1-4,6,10H,5,7,13H2,(H,14,15)/t10-/m1/s1. The molecule has 0 saturated heterocycles. The summed E-state index contributed by atoms with van der Waals surface area (Å²) < 4.78 is 1.27. The highest BCUT2D eigenvalue weighted by Crippen LogP contribution is 2.28. The van der Waals surface area contributed by atoms with Gasteiger partial charge in [0.15, 0.2) is 0 Å². The van der Waals surface area contributed by atoms with E-state index in [4.69, 9.17) is 10.8 Å². The van der Waals surface area contributed by atoms with Crippen molar-refractivity contribution in [1.29, 1.82) is 0 Å². The minimum atomic E-state index is -0.937. The summed E-state index contributed by atoms with van der Waals surface area (Å²) in [5.41, 5.74) is 6.71. The van der Waals surface area contributed by atoms with E-state index < -0.39 is 12.0 Å². The van der Waals surface area contributed by atoms with Gasteiger partial charge in [0.2, 0.25) is 0 Å². The first-order valence-corrected chi connectivity index (χ1v) is 7.23. The Hall–Kier alpha value is -1.04. The zero-order valence-electron chi connectivity index (χ0n) is 9.13. The van der Waals surface area contributed by atoms with Crippen molar-refractivity contribution < 1.29 is 9.90 Å². The van der Waals surface area contributed by atoms with Gasteiger partial charge in [-0.2, -0.15) is 11.8 Å². The van der Waals surface area contributed by atoms with Crippen LogP contribution in [0.3, 0.4) is 0 Å². The molecule has 0 bridgehead atoms. The van der Waals surface area contributed by atoms with Gasteiger partial charge in [-0.05, 0) is 22.4 Å². The van der Waals surface area contributed by atoms with E-state index >= 15 is 0 Å². The quantitative estimate of drug-likeness (QED) is 0.874. The average molecular weight is 267 g/mol. The highest BCUT2D eigenvalue weighted by Gasteiger charge is 2.11. The largest absolute Gasteiger partial charge is 0.480 e. The van der Waals surface area contributed by atoms with Crippen LogP contribution in [0.15, 0.2) is 29.6 Å². The molecule has 5 heteroatoms. The monoisotopic (exact) mass is 267 g/mol. The van der Waals surface area contributed by atoms with Crippen molar-refractivity contribution in [3.05, 3.63) is 35.2 Å². The highest BCUT2D eigenvalue weighted by atomic mass is 32.2. The van der Waals surface area contributed by atoms with Crippen LogP contribution in [0.1, 0.15) is 5.56 Å². The maximum absolute atomic E-state index is 10.6.